The lowest BCUT2D eigenvalue weighted by atomic mass is 9.99. The van der Waals surface area contributed by atoms with Crippen molar-refractivity contribution in [3.05, 3.63) is 84.2 Å². The lowest BCUT2D eigenvalue weighted by Gasteiger charge is -2.11. The molecular formula is C20H16FNO2. The first-order chi connectivity index (χ1) is 11.7. The van der Waals surface area contributed by atoms with Crippen molar-refractivity contribution in [1.82, 2.24) is 0 Å². The van der Waals surface area contributed by atoms with Crippen molar-refractivity contribution in [2.24, 2.45) is 0 Å². The molecule has 0 spiro atoms. The second kappa shape index (κ2) is 6.96. The molecule has 0 aliphatic carbocycles. The van der Waals surface area contributed by atoms with Gasteiger partial charge in [0.05, 0.1) is 12.7 Å². The summed E-state index contributed by atoms with van der Waals surface area (Å²) in [6, 6.07) is 20.6. The minimum Gasteiger partial charge on any atom is -0.497 e. The van der Waals surface area contributed by atoms with Crippen molar-refractivity contribution in [1.29, 1.82) is 0 Å². The highest BCUT2D eigenvalue weighted by atomic mass is 19.1. The molecule has 1 N–H and O–H groups in total. The van der Waals surface area contributed by atoms with Gasteiger partial charge in [-0.3, -0.25) is 4.79 Å². The third-order valence-corrected chi connectivity index (χ3v) is 3.66. The van der Waals surface area contributed by atoms with Gasteiger partial charge in [-0.05, 0) is 47.5 Å². The van der Waals surface area contributed by atoms with Gasteiger partial charge >= 0.3 is 0 Å². The van der Waals surface area contributed by atoms with Crippen LogP contribution in [0.3, 0.4) is 0 Å². The molecule has 0 aliphatic rings. The van der Waals surface area contributed by atoms with Crippen LogP contribution in [-0.4, -0.2) is 13.0 Å². The van der Waals surface area contributed by atoms with E-state index < -0.39 is 5.82 Å². The largest absolute Gasteiger partial charge is 0.497 e. The second-order valence-electron chi connectivity index (χ2n) is 5.24. The van der Waals surface area contributed by atoms with Crippen LogP contribution in [-0.2, 0) is 0 Å². The Balaban J connectivity index is 1.92. The van der Waals surface area contributed by atoms with Crippen LogP contribution in [0.2, 0.25) is 0 Å². The lowest BCUT2D eigenvalue weighted by molar-refractivity contribution is 0.102. The van der Waals surface area contributed by atoms with Crippen LogP contribution in [0.15, 0.2) is 72.8 Å². The number of nitrogens with one attached hydrogen (secondary N) is 1. The van der Waals surface area contributed by atoms with Crippen molar-refractivity contribution in [3.8, 4) is 16.9 Å². The van der Waals surface area contributed by atoms with Crippen molar-refractivity contribution >= 4 is 11.6 Å². The van der Waals surface area contributed by atoms with E-state index >= 15 is 0 Å². The van der Waals surface area contributed by atoms with Crippen molar-refractivity contribution in [3.63, 3.8) is 0 Å². The summed E-state index contributed by atoms with van der Waals surface area (Å²) < 4.78 is 18.8. The van der Waals surface area contributed by atoms with E-state index in [1.165, 1.54) is 12.1 Å². The van der Waals surface area contributed by atoms with Crippen LogP contribution >= 0.6 is 0 Å². The molecular weight excluding hydrogens is 305 g/mol. The maximum atomic E-state index is 13.7. The van der Waals surface area contributed by atoms with Gasteiger partial charge in [0.1, 0.15) is 11.6 Å². The van der Waals surface area contributed by atoms with E-state index in [9.17, 15) is 9.18 Å². The van der Waals surface area contributed by atoms with Crippen LogP contribution in [0.1, 0.15) is 10.4 Å². The summed E-state index contributed by atoms with van der Waals surface area (Å²) in [6.45, 7) is 0. The topological polar surface area (TPSA) is 38.3 Å². The molecule has 0 heterocycles. The van der Waals surface area contributed by atoms with Crippen molar-refractivity contribution in [2.75, 3.05) is 12.4 Å². The highest BCUT2D eigenvalue weighted by Gasteiger charge is 2.14. The zero-order chi connectivity index (χ0) is 16.9. The molecule has 0 bridgehead atoms. The number of carbonyl (C=O) groups excluding carboxylic acids is 1. The number of ether oxygens (including phenoxy) is 1. The number of benzene rings is 3. The molecule has 0 radical (unpaired) electrons. The number of halogens is 1. The monoisotopic (exact) mass is 321 g/mol. The summed E-state index contributed by atoms with van der Waals surface area (Å²) in [5, 5.41) is 2.79. The van der Waals surface area contributed by atoms with E-state index in [1.54, 1.807) is 37.4 Å². The normalized spacial score (nSPS) is 10.2. The number of amides is 1. The first kappa shape index (κ1) is 15.7. The van der Waals surface area contributed by atoms with E-state index in [-0.39, 0.29) is 11.5 Å². The number of rotatable bonds is 4. The Morgan fingerprint density at radius 2 is 1.67 bits per heavy atom. The summed E-state index contributed by atoms with van der Waals surface area (Å²) >= 11 is 0. The second-order valence-corrected chi connectivity index (χ2v) is 5.24. The smallest absolute Gasteiger partial charge is 0.256 e. The number of hydrogen-bond acceptors (Lipinski definition) is 2. The maximum Gasteiger partial charge on any atom is 0.256 e. The number of anilines is 1. The summed E-state index contributed by atoms with van der Waals surface area (Å²) in [6.07, 6.45) is 0. The number of hydrogen-bond donors (Lipinski definition) is 1. The molecule has 0 saturated heterocycles. The maximum absolute atomic E-state index is 13.7. The average Bonchev–Trinajstić information content (AvgIpc) is 2.63. The lowest BCUT2D eigenvalue weighted by Crippen LogP contribution is -2.13. The van der Waals surface area contributed by atoms with Gasteiger partial charge in [-0.1, -0.05) is 36.4 Å². The molecule has 0 fully saturated rings. The number of methoxy groups -OCH3 is 1. The molecule has 0 unspecified atom stereocenters. The molecule has 120 valence electrons. The molecule has 24 heavy (non-hydrogen) atoms. The SMILES string of the molecule is COc1ccc(NC(=O)c2cc(F)ccc2-c2ccccc2)cc1. The summed E-state index contributed by atoms with van der Waals surface area (Å²) in [4.78, 5) is 12.6. The van der Waals surface area contributed by atoms with Gasteiger partial charge in [0.2, 0.25) is 0 Å². The van der Waals surface area contributed by atoms with Gasteiger partial charge in [-0.25, -0.2) is 4.39 Å². The fourth-order valence-electron chi connectivity index (χ4n) is 2.45. The molecule has 3 aromatic rings. The first-order valence-electron chi connectivity index (χ1n) is 7.48. The molecule has 0 aliphatic heterocycles. The molecule has 3 rings (SSSR count). The Hall–Kier alpha value is -3.14. The van der Waals surface area contributed by atoms with Gasteiger partial charge in [0, 0.05) is 5.69 Å². The van der Waals surface area contributed by atoms with Gasteiger partial charge in [0.15, 0.2) is 0 Å². The fraction of sp³-hybridized carbons (Fsp3) is 0.0500. The zero-order valence-electron chi connectivity index (χ0n) is 13.1. The number of carbonyl (C=O) groups is 1. The predicted molar refractivity (Wildman–Crippen MR) is 92.8 cm³/mol. The zero-order valence-corrected chi connectivity index (χ0v) is 13.1. The van der Waals surface area contributed by atoms with Gasteiger partial charge in [0.25, 0.3) is 5.91 Å². The van der Waals surface area contributed by atoms with Crippen LogP contribution in [0.5, 0.6) is 5.75 Å². The van der Waals surface area contributed by atoms with Crippen LogP contribution < -0.4 is 10.1 Å². The van der Waals surface area contributed by atoms with E-state index in [0.717, 1.165) is 5.56 Å². The predicted octanol–water partition coefficient (Wildman–Crippen LogP) is 4.75. The molecule has 3 aromatic carbocycles. The van der Waals surface area contributed by atoms with Crippen LogP contribution in [0.4, 0.5) is 10.1 Å². The Morgan fingerprint density at radius 3 is 2.33 bits per heavy atom. The van der Waals surface area contributed by atoms with Gasteiger partial charge in [-0.2, -0.15) is 0 Å². The average molecular weight is 321 g/mol. The highest BCUT2D eigenvalue weighted by molar-refractivity contribution is 6.08. The molecule has 1 amide bonds. The molecule has 0 aromatic heterocycles. The minimum atomic E-state index is -0.449. The van der Waals surface area contributed by atoms with Gasteiger partial charge in [-0.15, -0.1) is 0 Å². The van der Waals surface area contributed by atoms with Gasteiger partial charge < -0.3 is 10.1 Å². The molecule has 4 heteroatoms. The van der Waals surface area contributed by atoms with Crippen LogP contribution in [0, 0.1) is 5.82 Å². The standard InChI is InChI=1S/C20H16FNO2/c1-24-17-10-8-16(9-11-17)22-20(23)19-13-15(21)7-12-18(19)14-5-3-2-4-6-14/h2-13H,1H3,(H,22,23). The summed E-state index contributed by atoms with van der Waals surface area (Å²) in [7, 11) is 1.58. The first-order valence-corrected chi connectivity index (χ1v) is 7.48. The van der Waals surface area contributed by atoms with E-state index in [0.29, 0.717) is 17.0 Å². The molecule has 3 nitrogen and oxygen atoms in total. The van der Waals surface area contributed by atoms with Crippen LogP contribution in [0.25, 0.3) is 11.1 Å². The van der Waals surface area contributed by atoms with E-state index in [2.05, 4.69) is 5.32 Å². The third kappa shape index (κ3) is 3.43. The Labute approximate surface area is 139 Å². The van der Waals surface area contributed by atoms with Crippen molar-refractivity contribution in [2.45, 2.75) is 0 Å². The highest BCUT2D eigenvalue weighted by Crippen LogP contribution is 2.25. The Bertz CT molecular complexity index is 845. The molecule has 0 saturated carbocycles. The Kier molecular flexibility index (Phi) is 4.57. The van der Waals surface area contributed by atoms with E-state index in [1.807, 2.05) is 30.3 Å². The van der Waals surface area contributed by atoms with Crippen molar-refractivity contribution < 1.29 is 13.9 Å². The summed E-state index contributed by atoms with van der Waals surface area (Å²) in [5.41, 5.74) is 2.45. The van der Waals surface area contributed by atoms with E-state index in [4.69, 9.17) is 4.74 Å². The molecule has 0 atom stereocenters. The third-order valence-electron chi connectivity index (χ3n) is 3.66. The fourth-order valence-corrected chi connectivity index (χ4v) is 2.45. The minimum absolute atomic E-state index is 0.289. The quantitative estimate of drug-likeness (QED) is 0.753. The summed E-state index contributed by atoms with van der Waals surface area (Å²) in [5.74, 6) is -0.114. The Morgan fingerprint density at radius 1 is 0.958 bits per heavy atom.